The van der Waals surface area contributed by atoms with Crippen molar-refractivity contribution in [3.63, 3.8) is 0 Å². The summed E-state index contributed by atoms with van der Waals surface area (Å²) in [6.45, 7) is 5.54. The molecular weight excluding hydrogens is 411 g/mol. The Labute approximate surface area is 187 Å². The SMILES string of the molecule is Cl.Cl.NC1C2CCCC1CC(C(=O)N1CCN(CC(=O)N3CCCCC3)CC1)C2. The van der Waals surface area contributed by atoms with Crippen LogP contribution in [-0.4, -0.2) is 78.4 Å². The normalized spacial score (nSPS) is 32.7. The van der Waals surface area contributed by atoms with Crippen molar-refractivity contribution in [1.82, 2.24) is 14.7 Å². The van der Waals surface area contributed by atoms with Gasteiger partial charge in [0, 0.05) is 51.2 Å². The van der Waals surface area contributed by atoms with Crippen molar-refractivity contribution in [2.24, 2.45) is 23.5 Å². The first-order valence-corrected chi connectivity index (χ1v) is 11.2. The van der Waals surface area contributed by atoms with Gasteiger partial charge in [-0.05, 0) is 56.8 Å². The first kappa shape index (κ1) is 24.7. The second-order valence-corrected chi connectivity index (χ2v) is 9.24. The number of nitrogens with two attached hydrogens (primary N) is 1. The van der Waals surface area contributed by atoms with E-state index in [9.17, 15) is 9.59 Å². The lowest BCUT2D eigenvalue weighted by Gasteiger charge is -2.45. The molecule has 0 radical (unpaired) electrons. The second-order valence-electron chi connectivity index (χ2n) is 9.24. The zero-order valence-corrected chi connectivity index (χ0v) is 19.1. The van der Waals surface area contributed by atoms with Gasteiger partial charge in [0.15, 0.2) is 0 Å². The first-order chi connectivity index (χ1) is 13.1. The van der Waals surface area contributed by atoms with E-state index >= 15 is 0 Å². The molecule has 0 aromatic heterocycles. The Morgan fingerprint density at radius 1 is 0.759 bits per heavy atom. The molecule has 4 aliphatic rings. The molecule has 2 heterocycles. The van der Waals surface area contributed by atoms with Crippen LogP contribution in [0.5, 0.6) is 0 Å². The van der Waals surface area contributed by atoms with Crippen molar-refractivity contribution < 1.29 is 9.59 Å². The van der Waals surface area contributed by atoms with Crippen molar-refractivity contribution in [3.05, 3.63) is 0 Å². The number of piperidine rings is 1. The molecule has 2 aliphatic heterocycles. The van der Waals surface area contributed by atoms with Crippen LogP contribution in [0.1, 0.15) is 51.4 Å². The van der Waals surface area contributed by atoms with Gasteiger partial charge in [-0.25, -0.2) is 0 Å². The number of fused-ring (bicyclic) bond motifs is 2. The average Bonchev–Trinajstić information content (AvgIpc) is 2.68. The molecule has 0 aromatic carbocycles. The lowest BCUT2D eigenvalue weighted by molar-refractivity contribution is -0.141. The molecule has 4 rings (SSSR count). The summed E-state index contributed by atoms with van der Waals surface area (Å²) >= 11 is 0. The lowest BCUT2D eigenvalue weighted by Crippen LogP contribution is -2.55. The summed E-state index contributed by atoms with van der Waals surface area (Å²) in [5.74, 6) is 1.90. The number of piperazine rings is 1. The molecule has 4 fully saturated rings. The second kappa shape index (κ2) is 11.2. The average molecular weight is 449 g/mol. The Balaban J connectivity index is 0.00000150. The van der Waals surface area contributed by atoms with Crippen molar-refractivity contribution in [3.8, 4) is 0 Å². The Bertz CT molecular complexity index is 537. The lowest BCUT2D eigenvalue weighted by atomic mass is 9.65. The van der Waals surface area contributed by atoms with Crippen molar-refractivity contribution in [1.29, 1.82) is 0 Å². The van der Waals surface area contributed by atoms with Gasteiger partial charge in [0.25, 0.3) is 0 Å². The van der Waals surface area contributed by atoms with Gasteiger partial charge in [0.1, 0.15) is 0 Å². The predicted molar refractivity (Wildman–Crippen MR) is 119 cm³/mol. The predicted octanol–water partition coefficient (Wildman–Crippen LogP) is 2.14. The molecule has 168 valence electrons. The van der Waals surface area contributed by atoms with Gasteiger partial charge in [-0.3, -0.25) is 14.5 Å². The third-order valence-corrected chi connectivity index (χ3v) is 7.51. The molecule has 6 nitrogen and oxygen atoms in total. The topological polar surface area (TPSA) is 69.9 Å². The van der Waals surface area contributed by atoms with Gasteiger partial charge < -0.3 is 15.5 Å². The Kier molecular flexibility index (Phi) is 9.52. The van der Waals surface area contributed by atoms with Crippen LogP contribution < -0.4 is 5.73 Å². The van der Waals surface area contributed by atoms with E-state index in [0.717, 1.165) is 65.0 Å². The zero-order valence-electron chi connectivity index (χ0n) is 17.5. The maximum absolute atomic E-state index is 13.1. The van der Waals surface area contributed by atoms with Gasteiger partial charge >= 0.3 is 0 Å². The largest absolute Gasteiger partial charge is 0.342 e. The number of hydrogen-bond donors (Lipinski definition) is 1. The van der Waals surface area contributed by atoms with E-state index in [2.05, 4.69) is 9.80 Å². The Morgan fingerprint density at radius 3 is 1.93 bits per heavy atom. The summed E-state index contributed by atoms with van der Waals surface area (Å²) in [5, 5.41) is 0. The molecule has 2 N–H and O–H groups in total. The molecule has 2 saturated heterocycles. The summed E-state index contributed by atoms with van der Waals surface area (Å²) in [6.07, 6.45) is 9.20. The highest BCUT2D eigenvalue weighted by Crippen LogP contribution is 2.42. The quantitative estimate of drug-likeness (QED) is 0.717. The summed E-state index contributed by atoms with van der Waals surface area (Å²) in [5.41, 5.74) is 6.38. The molecule has 2 aliphatic carbocycles. The molecule has 0 aromatic rings. The summed E-state index contributed by atoms with van der Waals surface area (Å²) in [7, 11) is 0. The maximum Gasteiger partial charge on any atom is 0.236 e. The number of rotatable bonds is 3. The molecule has 8 heteroatoms. The van der Waals surface area contributed by atoms with E-state index in [4.69, 9.17) is 5.73 Å². The summed E-state index contributed by atoms with van der Waals surface area (Å²) in [6, 6.07) is 0.320. The van der Waals surface area contributed by atoms with E-state index in [1.54, 1.807) is 0 Å². The van der Waals surface area contributed by atoms with Crippen LogP contribution in [0.2, 0.25) is 0 Å². The minimum absolute atomic E-state index is 0. The number of likely N-dealkylation sites (tertiary alicyclic amines) is 1. The smallest absolute Gasteiger partial charge is 0.236 e. The number of hydrogen-bond acceptors (Lipinski definition) is 4. The summed E-state index contributed by atoms with van der Waals surface area (Å²) < 4.78 is 0. The molecule has 2 bridgehead atoms. The highest BCUT2D eigenvalue weighted by Gasteiger charge is 2.42. The fourth-order valence-corrected chi connectivity index (χ4v) is 5.81. The zero-order chi connectivity index (χ0) is 18.8. The van der Waals surface area contributed by atoms with Crippen molar-refractivity contribution >= 4 is 36.6 Å². The van der Waals surface area contributed by atoms with E-state index in [1.165, 1.54) is 25.7 Å². The van der Waals surface area contributed by atoms with Crippen LogP contribution in [0, 0.1) is 17.8 Å². The minimum Gasteiger partial charge on any atom is -0.342 e. The van der Waals surface area contributed by atoms with E-state index in [0.29, 0.717) is 30.3 Å². The molecule has 29 heavy (non-hydrogen) atoms. The van der Waals surface area contributed by atoms with E-state index in [1.807, 2.05) is 4.90 Å². The fourth-order valence-electron chi connectivity index (χ4n) is 5.81. The standard InChI is InChI=1S/C21H36N4O2.2ClH/c22-20-16-5-4-6-17(20)14-18(13-16)21(27)25-11-9-23(10-12-25)15-19(26)24-7-2-1-3-8-24;;/h16-18,20H,1-15,22H2;2*1H. The fraction of sp³-hybridized carbons (Fsp3) is 0.905. The van der Waals surface area contributed by atoms with Crippen LogP contribution in [0.25, 0.3) is 0 Å². The van der Waals surface area contributed by atoms with Crippen LogP contribution in [-0.2, 0) is 9.59 Å². The third kappa shape index (κ3) is 5.78. The van der Waals surface area contributed by atoms with Crippen LogP contribution in [0.3, 0.4) is 0 Å². The molecule has 2 atom stereocenters. The molecule has 0 spiro atoms. The maximum atomic E-state index is 13.1. The Hall–Kier alpha value is -0.560. The van der Waals surface area contributed by atoms with Gasteiger partial charge in [-0.2, -0.15) is 0 Å². The third-order valence-electron chi connectivity index (χ3n) is 7.51. The van der Waals surface area contributed by atoms with Crippen molar-refractivity contribution in [2.75, 3.05) is 45.8 Å². The summed E-state index contributed by atoms with van der Waals surface area (Å²) in [4.78, 5) is 31.8. The number of carbonyl (C=O) groups is 2. The number of nitrogens with zero attached hydrogens (tertiary/aromatic N) is 3. The van der Waals surface area contributed by atoms with Crippen LogP contribution in [0.4, 0.5) is 0 Å². The minimum atomic E-state index is 0. The van der Waals surface area contributed by atoms with Crippen LogP contribution in [0.15, 0.2) is 0 Å². The highest BCUT2D eigenvalue weighted by molar-refractivity contribution is 5.85. The van der Waals surface area contributed by atoms with Crippen LogP contribution >= 0.6 is 24.8 Å². The molecular formula is C21H38Cl2N4O2. The number of carbonyl (C=O) groups excluding carboxylic acids is 2. The highest BCUT2D eigenvalue weighted by atomic mass is 35.5. The van der Waals surface area contributed by atoms with Gasteiger partial charge in [-0.15, -0.1) is 24.8 Å². The van der Waals surface area contributed by atoms with Gasteiger partial charge in [-0.1, -0.05) is 6.42 Å². The monoisotopic (exact) mass is 448 g/mol. The van der Waals surface area contributed by atoms with Gasteiger partial charge in [0.05, 0.1) is 6.54 Å². The molecule has 2 unspecified atom stereocenters. The van der Waals surface area contributed by atoms with Crippen molar-refractivity contribution in [2.45, 2.75) is 57.4 Å². The first-order valence-electron chi connectivity index (χ1n) is 11.2. The number of halogens is 2. The Morgan fingerprint density at radius 2 is 1.34 bits per heavy atom. The molecule has 2 amide bonds. The van der Waals surface area contributed by atoms with E-state index < -0.39 is 0 Å². The number of amides is 2. The van der Waals surface area contributed by atoms with Gasteiger partial charge in [0.2, 0.25) is 11.8 Å². The molecule has 2 saturated carbocycles. The van der Waals surface area contributed by atoms with E-state index in [-0.39, 0.29) is 36.6 Å².